The van der Waals surface area contributed by atoms with Crippen molar-refractivity contribution in [3.8, 4) is 0 Å². The molecule has 0 aromatic heterocycles. The molecule has 0 radical (unpaired) electrons. The smallest absolute Gasteiger partial charge is 0.0762 e. The molecule has 1 aliphatic rings. The normalized spacial score (nSPS) is 22.0. The number of hydrogen-bond donors (Lipinski definition) is 0. The summed E-state index contributed by atoms with van der Waals surface area (Å²) in [5.41, 5.74) is 0. The van der Waals surface area contributed by atoms with Gasteiger partial charge in [-0.25, -0.2) is 0 Å². The summed E-state index contributed by atoms with van der Waals surface area (Å²) in [6.45, 7) is 7.32. The van der Waals surface area contributed by atoms with E-state index < -0.39 is 8.07 Å². The average Bonchev–Trinajstić information content (AvgIpc) is 2.04. The molecule has 2 heteroatoms. The fourth-order valence-electron chi connectivity index (χ4n) is 1.76. The Morgan fingerprint density at radius 2 is 1.69 bits per heavy atom. The Labute approximate surface area is 97.3 Å². The van der Waals surface area contributed by atoms with Crippen LogP contribution < -0.4 is 0 Å². The van der Waals surface area contributed by atoms with Crippen LogP contribution in [0.1, 0.15) is 32.1 Å². The molecule has 0 N–H and O–H groups in total. The third-order valence-electron chi connectivity index (χ3n) is 2.75. The predicted octanol–water partition coefficient (Wildman–Crippen LogP) is 4.76. The van der Waals surface area contributed by atoms with Gasteiger partial charge in [0.15, 0.2) is 0 Å². The first-order valence-electron chi connectivity index (χ1n) is 5.38. The third-order valence-corrected chi connectivity index (χ3v) is 9.56. The van der Waals surface area contributed by atoms with Gasteiger partial charge in [-0.2, -0.15) is 0 Å². The third kappa shape index (κ3) is 4.15. The predicted molar refractivity (Wildman–Crippen MR) is 72.0 cm³/mol. The number of hydrogen-bond acceptors (Lipinski definition) is 0. The summed E-state index contributed by atoms with van der Waals surface area (Å²) in [5.74, 6) is 0.910. The highest BCUT2D eigenvalue weighted by Crippen LogP contribution is 2.30. The van der Waals surface area contributed by atoms with E-state index in [9.17, 15) is 0 Å². The van der Waals surface area contributed by atoms with Crippen molar-refractivity contribution >= 4 is 30.7 Å². The van der Waals surface area contributed by atoms with E-state index in [-0.39, 0.29) is 0 Å². The van der Waals surface area contributed by atoms with Gasteiger partial charge in [0.25, 0.3) is 0 Å². The maximum absolute atomic E-state index is 2.58. The maximum Gasteiger partial charge on any atom is 0.0850 e. The monoisotopic (exact) mass is 308 g/mol. The van der Waals surface area contributed by atoms with Crippen LogP contribution in [0.15, 0.2) is 9.28 Å². The molecular weight excluding hydrogens is 287 g/mol. The summed E-state index contributed by atoms with van der Waals surface area (Å²) in [4.78, 5) is 0. The first-order valence-corrected chi connectivity index (χ1v) is 9.96. The molecule has 0 aliphatic heterocycles. The van der Waals surface area contributed by atoms with Gasteiger partial charge in [-0.1, -0.05) is 67.6 Å². The van der Waals surface area contributed by atoms with Crippen LogP contribution in [0.4, 0.5) is 0 Å². The molecule has 0 nitrogen and oxygen atoms in total. The Bertz CT molecular complexity index is 185. The van der Waals surface area contributed by atoms with Crippen molar-refractivity contribution in [3.05, 3.63) is 9.28 Å². The van der Waals surface area contributed by atoms with Gasteiger partial charge in [0.05, 0.1) is 8.07 Å². The van der Waals surface area contributed by atoms with Crippen molar-refractivity contribution in [2.75, 3.05) is 0 Å². The highest BCUT2D eigenvalue weighted by molar-refractivity contribution is 14.1. The zero-order chi connectivity index (χ0) is 9.90. The summed E-state index contributed by atoms with van der Waals surface area (Å²) in [7, 11) is -0.997. The van der Waals surface area contributed by atoms with E-state index in [0.29, 0.717) is 0 Å². The minimum Gasteiger partial charge on any atom is -0.0762 e. The molecule has 0 saturated heterocycles. The molecule has 1 saturated carbocycles. The van der Waals surface area contributed by atoms with Gasteiger partial charge >= 0.3 is 0 Å². The number of halogens is 1. The van der Waals surface area contributed by atoms with Crippen LogP contribution in [0.3, 0.4) is 0 Å². The van der Waals surface area contributed by atoms with E-state index in [2.05, 4.69) is 48.3 Å². The van der Waals surface area contributed by atoms with Crippen molar-refractivity contribution in [3.63, 3.8) is 0 Å². The second-order valence-electron chi connectivity index (χ2n) is 5.16. The average molecular weight is 308 g/mol. The first kappa shape index (κ1) is 11.8. The van der Waals surface area contributed by atoms with E-state index in [4.69, 9.17) is 0 Å². The van der Waals surface area contributed by atoms with Gasteiger partial charge in [-0.3, -0.25) is 0 Å². The van der Waals surface area contributed by atoms with Crippen LogP contribution in [0.5, 0.6) is 0 Å². The second kappa shape index (κ2) is 4.96. The molecule has 0 heterocycles. The zero-order valence-corrected chi connectivity index (χ0v) is 12.2. The Balaban J connectivity index is 2.53. The lowest BCUT2D eigenvalue weighted by atomic mass is 9.90. The molecule has 0 amide bonds. The molecule has 76 valence electrons. The summed E-state index contributed by atoms with van der Waals surface area (Å²) in [6, 6.07) is 0. The largest absolute Gasteiger partial charge is 0.0850 e. The van der Waals surface area contributed by atoms with Crippen molar-refractivity contribution in [1.82, 2.24) is 0 Å². The Kier molecular flexibility index (Phi) is 4.49. The van der Waals surface area contributed by atoms with Crippen molar-refractivity contribution in [2.45, 2.75) is 51.7 Å². The lowest BCUT2D eigenvalue weighted by Gasteiger charge is -2.22. The topological polar surface area (TPSA) is 0 Å². The molecule has 0 spiro atoms. The first-order chi connectivity index (χ1) is 6.00. The van der Waals surface area contributed by atoms with Crippen molar-refractivity contribution in [2.24, 2.45) is 5.92 Å². The lowest BCUT2D eigenvalue weighted by Crippen LogP contribution is -2.21. The Hall–Kier alpha value is 0.687. The van der Waals surface area contributed by atoms with E-state index in [1.807, 2.05) is 0 Å². The molecule has 0 aromatic rings. The molecule has 1 fully saturated rings. The molecule has 13 heavy (non-hydrogen) atoms. The van der Waals surface area contributed by atoms with Crippen molar-refractivity contribution in [1.29, 1.82) is 0 Å². The van der Waals surface area contributed by atoms with Crippen LogP contribution in [-0.2, 0) is 0 Å². The molecule has 0 unspecified atom stereocenters. The van der Waals surface area contributed by atoms with Gasteiger partial charge in [-0.05, 0) is 22.0 Å². The van der Waals surface area contributed by atoms with Crippen molar-refractivity contribution < 1.29 is 0 Å². The Morgan fingerprint density at radius 1 is 1.15 bits per heavy atom. The van der Waals surface area contributed by atoms with Gasteiger partial charge in [-0.15, -0.1) is 0 Å². The minimum atomic E-state index is -0.997. The fourth-order valence-corrected chi connectivity index (χ4v) is 3.00. The number of allylic oxidation sites excluding steroid dienone is 1. The summed E-state index contributed by atoms with van der Waals surface area (Å²) >= 11 is 2.57. The van der Waals surface area contributed by atoms with Gasteiger partial charge in [0.1, 0.15) is 0 Å². The lowest BCUT2D eigenvalue weighted by molar-refractivity contribution is 0.419. The highest BCUT2D eigenvalue weighted by Gasteiger charge is 2.19. The highest BCUT2D eigenvalue weighted by atomic mass is 127. The van der Waals surface area contributed by atoms with Gasteiger partial charge in [0.2, 0.25) is 0 Å². The Morgan fingerprint density at radius 3 is 2.15 bits per heavy atom. The van der Waals surface area contributed by atoms with Crippen LogP contribution in [-0.4, -0.2) is 8.07 Å². The molecule has 0 aromatic carbocycles. The van der Waals surface area contributed by atoms with Crippen LogP contribution in [0.2, 0.25) is 19.6 Å². The summed E-state index contributed by atoms with van der Waals surface area (Å²) in [5, 5.41) is 0. The van der Waals surface area contributed by atoms with Crippen LogP contribution >= 0.6 is 22.6 Å². The zero-order valence-electron chi connectivity index (χ0n) is 9.07. The maximum atomic E-state index is 2.58. The van der Waals surface area contributed by atoms with E-state index in [0.717, 1.165) is 5.92 Å². The number of rotatable bonds is 2. The SMILES string of the molecule is C[Si](C)(C)/C(I)=C\C1CCCCC1. The minimum absolute atomic E-state index is 0.910. The second-order valence-corrected chi connectivity index (χ2v) is 12.4. The fraction of sp³-hybridized carbons (Fsp3) is 0.818. The van der Waals surface area contributed by atoms with Gasteiger partial charge in [0, 0.05) is 0 Å². The van der Waals surface area contributed by atoms with E-state index >= 15 is 0 Å². The summed E-state index contributed by atoms with van der Waals surface area (Å²) < 4.78 is 1.68. The molecule has 0 atom stereocenters. The van der Waals surface area contributed by atoms with Crippen LogP contribution in [0.25, 0.3) is 0 Å². The molecule has 1 aliphatic carbocycles. The van der Waals surface area contributed by atoms with E-state index in [1.165, 1.54) is 32.1 Å². The molecular formula is C11H21ISi. The van der Waals surface area contributed by atoms with Crippen LogP contribution in [0, 0.1) is 5.92 Å². The van der Waals surface area contributed by atoms with Gasteiger partial charge < -0.3 is 0 Å². The standard InChI is InChI=1S/C11H21ISi/c1-13(2,3)11(12)9-10-7-5-4-6-8-10/h9-10H,4-8H2,1-3H3/b11-9-. The summed E-state index contributed by atoms with van der Waals surface area (Å²) in [6.07, 6.45) is 9.83. The van der Waals surface area contributed by atoms with E-state index in [1.54, 1.807) is 3.20 Å². The quantitative estimate of drug-likeness (QED) is 0.509. The molecule has 0 bridgehead atoms. The molecule has 1 rings (SSSR count).